The van der Waals surface area contributed by atoms with E-state index >= 15 is 0 Å². The first-order chi connectivity index (χ1) is 18.7. The fourth-order valence-electron chi connectivity index (χ4n) is 5.09. The molecule has 0 radical (unpaired) electrons. The van der Waals surface area contributed by atoms with E-state index in [2.05, 4.69) is 31.6 Å². The van der Waals surface area contributed by atoms with Crippen LogP contribution in [0, 0.1) is 5.92 Å². The highest BCUT2D eigenvalue weighted by atomic mass is 31.2. The van der Waals surface area contributed by atoms with E-state index < -0.39 is 36.9 Å². The Morgan fingerprint density at radius 1 is 1.15 bits per heavy atom. The number of carbonyl (C=O) groups is 2. The summed E-state index contributed by atoms with van der Waals surface area (Å²) in [5.74, 6) is 0.807. The van der Waals surface area contributed by atoms with Crippen molar-refractivity contribution in [2.24, 2.45) is 5.92 Å². The van der Waals surface area contributed by atoms with Crippen LogP contribution >= 0.6 is 7.52 Å². The molecule has 8 nitrogen and oxygen atoms in total. The van der Waals surface area contributed by atoms with Crippen molar-refractivity contribution in [1.82, 2.24) is 5.09 Å². The lowest BCUT2D eigenvalue weighted by atomic mass is 9.74. The Morgan fingerprint density at radius 3 is 2.45 bits per heavy atom. The minimum absolute atomic E-state index is 0.0249. The van der Waals surface area contributed by atoms with Gasteiger partial charge >= 0.3 is 19.2 Å². The SMILES string of the molecule is C=C1Oc2cc(CCCCC)cc(OP(=O)(NC(C)(C)C(=O)OC(C)C)C(=O)OC(C)C)c2C2C=C(C)CCC12. The van der Waals surface area contributed by atoms with Crippen molar-refractivity contribution in [3.05, 3.63) is 47.2 Å². The van der Waals surface area contributed by atoms with Crippen molar-refractivity contribution in [3.63, 3.8) is 0 Å². The summed E-state index contributed by atoms with van der Waals surface area (Å²) in [6.45, 7) is 18.2. The van der Waals surface area contributed by atoms with E-state index in [4.69, 9.17) is 18.7 Å². The van der Waals surface area contributed by atoms with Gasteiger partial charge in [0.15, 0.2) is 0 Å². The third kappa shape index (κ3) is 7.58. The first kappa shape index (κ1) is 32.0. The predicted octanol–water partition coefficient (Wildman–Crippen LogP) is 8.20. The molecule has 0 saturated carbocycles. The third-order valence-corrected chi connectivity index (χ3v) is 8.94. The van der Waals surface area contributed by atoms with Gasteiger partial charge in [0.05, 0.1) is 12.2 Å². The zero-order valence-corrected chi connectivity index (χ0v) is 26.2. The summed E-state index contributed by atoms with van der Waals surface area (Å²) >= 11 is 0. The average Bonchev–Trinajstić information content (AvgIpc) is 2.82. The Kier molecular flexibility index (Phi) is 10.3. The summed E-state index contributed by atoms with van der Waals surface area (Å²) in [5, 5.41) is 2.71. The maximum absolute atomic E-state index is 14.5. The number of allylic oxidation sites excluding steroid dienone is 3. The maximum atomic E-state index is 14.5. The van der Waals surface area contributed by atoms with Gasteiger partial charge in [-0.05, 0) is 91.8 Å². The molecule has 3 rings (SSSR count). The summed E-state index contributed by atoms with van der Waals surface area (Å²) in [4.78, 5) is 26.3. The van der Waals surface area contributed by atoms with Crippen LogP contribution in [0.3, 0.4) is 0 Å². The molecule has 40 heavy (non-hydrogen) atoms. The fourth-order valence-corrected chi connectivity index (χ4v) is 6.91. The summed E-state index contributed by atoms with van der Waals surface area (Å²) in [6, 6.07) is 3.84. The van der Waals surface area contributed by atoms with Gasteiger partial charge in [0.1, 0.15) is 22.8 Å². The molecule has 0 fully saturated rings. The Labute approximate surface area is 239 Å². The third-order valence-electron chi connectivity index (χ3n) is 7.05. The van der Waals surface area contributed by atoms with Crippen LogP contribution in [0.1, 0.15) is 105 Å². The van der Waals surface area contributed by atoms with Gasteiger partial charge in [-0.3, -0.25) is 4.79 Å². The number of hydrogen-bond donors (Lipinski definition) is 1. The van der Waals surface area contributed by atoms with Crippen LogP contribution in [-0.4, -0.2) is 29.4 Å². The Morgan fingerprint density at radius 2 is 1.82 bits per heavy atom. The van der Waals surface area contributed by atoms with Crippen LogP contribution in [-0.2, 0) is 25.3 Å². The molecule has 3 atom stereocenters. The second-order valence-electron chi connectivity index (χ2n) is 12.0. The zero-order chi connectivity index (χ0) is 29.8. The maximum Gasteiger partial charge on any atom is 0.424 e. The van der Waals surface area contributed by atoms with E-state index in [1.54, 1.807) is 27.7 Å². The number of fused-ring (bicyclic) bond motifs is 3. The molecule has 1 aromatic carbocycles. The topological polar surface area (TPSA) is 100 Å². The lowest BCUT2D eigenvalue weighted by Crippen LogP contribution is -2.48. The largest absolute Gasteiger partial charge is 0.462 e. The second kappa shape index (κ2) is 12.9. The lowest BCUT2D eigenvalue weighted by molar-refractivity contribution is -0.153. The number of rotatable bonds is 12. The standard InChI is InChI=1S/C31H46NO7P/c1-10-11-12-13-23-17-26-28(25-16-21(6)14-15-24(25)22(7)38-26)27(18-23)39-40(35,30(34)37-20(4)5)32-31(8,9)29(33)36-19(2)3/h16-20,24-25H,7,10-15H2,1-6,8-9H3,(H,32,35). The molecule has 1 aliphatic carbocycles. The molecule has 0 amide bonds. The Balaban J connectivity index is 2.14. The molecular weight excluding hydrogens is 529 g/mol. The molecule has 0 aromatic heterocycles. The van der Waals surface area contributed by atoms with Crippen LogP contribution in [0.2, 0.25) is 0 Å². The summed E-state index contributed by atoms with van der Waals surface area (Å²) < 4.78 is 37.7. The second-order valence-corrected chi connectivity index (χ2v) is 13.9. The van der Waals surface area contributed by atoms with Gasteiger partial charge in [0, 0.05) is 17.4 Å². The molecule has 3 unspecified atom stereocenters. The molecule has 1 N–H and O–H groups in total. The smallest absolute Gasteiger partial charge is 0.424 e. The van der Waals surface area contributed by atoms with E-state index in [0.717, 1.165) is 49.7 Å². The lowest BCUT2D eigenvalue weighted by Gasteiger charge is -2.38. The number of nitrogens with one attached hydrogen (secondary N) is 1. The van der Waals surface area contributed by atoms with Crippen molar-refractivity contribution < 1.29 is 32.9 Å². The number of unbranched alkanes of at least 4 members (excludes halogenated alkanes) is 2. The molecule has 2 aliphatic rings. The zero-order valence-electron chi connectivity index (χ0n) is 25.3. The number of carbonyl (C=O) groups excluding carboxylic acids is 2. The molecule has 0 spiro atoms. The van der Waals surface area contributed by atoms with Crippen molar-refractivity contribution in [1.29, 1.82) is 0 Å². The predicted molar refractivity (Wildman–Crippen MR) is 157 cm³/mol. The van der Waals surface area contributed by atoms with Gasteiger partial charge in [-0.15, -0.1) is 0 Å². The number of ether oxygens (including phenoxy) is 3. The van der Waals surface area contributed by atoms with E-state index in [1.165, 1.54) is 19.4 Å². The van der Waals surface area contributed by atoms with Gasteiger partial charge in [0.25, 0.3) is 0 Å². The highest BCUT2D eigenvalue weighted by molar-refractivity contribution is 7.74. The summed E-state index contributed by atoms with van der Waals surface area (Å²) in [5.41, 5.74) is 0.317. The monoisotopic (exact) mass is 575 g/mol. The quantitative estimate of drug-likeness (QED) is 0.115. The number of esters is 1. The van der Waals surface area contributed by atoms with E-state index in [0.29, 0.717) is 11.5 Å². The van der Waals surface area contributed by atoms with Crippen LogP contribution in [0.5, 0.6) is 11.5 Å². The highest BCUT2D eigenvalue weighted by Gasteiger charge is 2.47. The number of aryl methyl sites for hydroxylation is 1. The van der Waals surface area contributed by atoms with Gasteiger partial charge in [0.2, 0.25) is 0 Å². The van der Waals surface area contributed by atoms with Crippen molar-refractivity contribution >= 4 is 19.2 Å². The minimum Gasteiger partial charge on any atom is -0.462 e. The van der Waals surface area contributed by atoms with Crippen LogP contribution in [0.4, 0.5) is 4.79 Å². The minimum atomic E-state index is -4.49. The molecule has 0 saturated heterocycles. The van der Waals surface area contributed by atoms with E-state index in [1.807, 2.05) is 12.1 Å². The van der Waals surface area contributed by atoms with Gasteiger partial charge < -0.3 is 18.7 Å². The number of hydrogen-bond acceptors (Lipinski definition) is 7. The van der Waals surface area contributed by atoms with Crippen LogP contribution in [0.15, 0.2) is 36.1 Å². The first-order valence-electron chi connectivity index (χ1n) is 14.4. The van der Waals surface area contributed by atoms with Crippen molar-refractivity contribution in [2.45, 2.75) is 118 Å². The van der Waals surface area contributed by atoms with E-state index in [9.17, 15) is 14.2 Å². The summed E-state index contributed by atoms with van der Waals surface area (Å²) in [7, 11) is -4.49. The molecule has 1 aliphatic heterocycles. The Hall–Kier alpha value is -2.57. The van der Waals surface area contributed by atoms with Crippen LogP contribution < -0.4 is 14.3 Å². The van der Waals surface area contributed by atoms with Gasteiger partial charge in [-0.25, -0.2) is 14.4 Å². The first-order valence-corrected chi connectivity index (χ1v) is 16.0. The molecular formula is C31H46NO7P. The molecule has 1 aromatic rings. The normalized spacial score (nSPS) is 20.1. The molecule has 0 bridgehead atoms. The molecule has 1 heterocycles. The average molecular weight is 576 g/mol. The van der Waals surface area contributed by atoms with Gasteiger partial charge in [-0.2, -0.15) is 0 Å². The molecule has 9 heteroatoms. The van der Waals surface area contributed by atoms with Gasteiger partial charge in [-0.1, -0.05) is 38.0 Å². The van der Waals surface area contributed by atoms with Crippen molar-refractivity contribution in [2.75, 3.05) is 0 Å². The number of benzene rings is 1. The summed E-state index contributed by atoms with van der Waals surface area (Å²) in [6.07, 6.45) is 6.87. The highest BCUT2D eigenvalue weighted by Crippen LogP contribution is 2.56. The Bertz CT molecular complexity index is 1200. The van der Waals surface area contributed by atoms with Crippen LogP contribution in [0.25, 0.3) is 0 Å². The molecule has 222 valence electrons. The van der Waals surface area contributed by atoms with E-state index in [-0.39, 0.29) is 17.6 Å². The fraction of sp³-hybridized carbons (Fsp3) is 0.613. The van der Waals surface area contributed by atoms with Crippen molar-refractivity contribution in [3.8, 4) is 11.5 Å².